The molecule has 4 nitrogen and oxygen atoms in total. The molecule has 0 heterocycles. The summed E-state index contributed by atoms with van der Waals surface area (Å²) >= 11 is 5.72. The van der Waals surface area contributed by atoms with E-state index in [0.717, 1.165) is 5.56 Å². The number of carbonyl (C=O) groups excluding carboxylic acids is 2. The Hall–Kier alpha value is -2.40. The van der Waals surface area contributed by atoms with E-state index in [2.05, 4.69) is 10.6 Å². The predicted octanol–water partition coefficient (Wildman–Crippen LogP) is 4.08. The van der Waals surface area contributed by atoms with Crippen molar-refractivity contribution in [1.82, 2.24) is 5.32 Å². The maximum atomic E-state index is 13.2. The van der Waals surface area contributed by atoms with Gasteiger partial charge in [-0.3, -0.25) is 9.59 Å². The summed E-state index contributed by atoms with van der Waals surface area (Å²) < 4.78 is 13.2. The number of halogens is 2. The molecule has 0 aliphatic heterocycles. The summed E-state index contributed by atoms with van der Waals surface area (Å²) in [5.74, 6) is -1.25. The molecule has 3 rings (SSSR count). The van der Waals surface area contributed by atoms with Crippen molar-refractivity contribution in [2.75, 3.05) is 5.32 Å². The van der Waals surface area contributed by atoms with Gasteiger partial charge in [0.15, 0.2) is 0 Å². The highest BCUT2D eigenvalue weighted by atomic mass is 35.5. The third kappa shape index (κ3) is 3.66. The van der Waals surface area contributed by atoms with Crippen molar-refractivity contribution in [2.24, 2.45) is 5.41 Å². The molecule has 2 amide bonds. The van der Waals surface area contributed by atoms with E-state index in [4.69, 9.17) is 11.6 Å². The van der Waals surface area contributed by atoms with Crippen LogP contribution in [-0.2, 0) is 9.59 Å². The van der Waals surface area contributed by atoms with E-state index < -0.39 is 17.1 Å². The van der Waals surface area contributed by atoms with Crippen molar-refractivity contribution in [3.05, 3.63) is 64.9 Å². The first-order valence-corrected chi connectivity index (χ1v) is 8.42. The Bertz CT molecular complexity index is 806. The smallest absolute Gasteiger partial charge is 0.240 e. The zero-order valence-corrected chi connectivity index (χ0v) is 14.4. The highest BCUT2D eigenvalue weighted by Gasteiger charge is 2.56. The molecule has 130 valence electrons. The molecule has 6 heteroatoms. The monoisotopic (exact) mass is 360 g/mol. The van der Waals surface area contributed by atoms with Gasteiger partial charge in [-0.25, -0.2) is 4.39 Å². The first kappa shape index (κ1) is 17.4. The van der Waals surface area contributed by atoms with Gasteiger partial charge in [-0.05, 0) is 43.5 Å². The molecule has 2 N–H and O–H groups in total. The van der Waals surface area contributed by atoms with Gasteiger partial charge < -0.3 is 10.6 Å². The van der Waals surface area contributed by atoms with Crippen LogP contribution in [0.25, 0.3) is 0 Å². The molecule has 1 atom stereocenters. The minimum absolute atomic E-state index is 0.0789. The molecule has 1 fully saturated rings. The van der Waals surface area contributed by atoms with Crippen LogP contribution in [0.3, 0.4) is 0 Å². The molecule has 0 aromatic heterocycles. The van der Waals surface area contributed by atoms with E-state index in [9.17, 15) is 14.0 Å². The number of hydrogen-bond donors (Lipinski definition) is 2. The fraction of sp³-hybridized carbons (Fsp3) is 0.263. The number of amides is 2. The van der Waals surface area contributed by atoms with Crippen LogP contribution in [-0.4, -0.2) is 11.8 Å². The second-order valence-electron chi connectivity index (χ2n) is 6.27. The first-order valence-electron chi connectivity index (χ1n) is 8.05. The molecule has 25 heavy (non-hydrogen) atoms. The Labute approximate surface area is 150 Å². The minimum Gasteiger partial charge on any atom is -0.349 e. The molecule has 1 aliphatic carbocycles. The lowest BCUT2D eigenvalue weighted by molar-refractivity contribution is -0.134. The Morgan fingerprint density at radius 1 is 1.12 bits per heavy atom. The van der Waals surface area contributed by atoms with Crippen molar-refractivity contribution in [3.63, 3.8) is 0 Å². The van der Waals surface area contributed by atoms with Gasteiger partial charge in [0.05, 0.1) is 11.1 Å². The van der Waals surface area contributed by atoms with Crippen LogP contribution in [0.2, 0.25) is 5.02 Å². The van der Waals surface area contributed by atoms with Crippen LogP contribution in [0.4, 0.5) is 10.1 Å². The van der Waals surface area contributed by atoms with Gasteiger partial charge in [-0.2, -0.15) is 0 Å². The summed E-state index contributed by atoms with van der Waals surface area (Å²) in [5, 5.41) is 5.48. The number of rotatable bonds is 5. The van der Waals surface area contributed by atoms with Crippen LogP contribution in [0.15, 0.2) is 48.5 Å². The Morgan fingerprint density at radius 2 is 1.80 bits per heavy atom. The lowest BCUT2D eigenvalue weighted by Gasteiger charge is -2.20. The number of nitrogens with one attached hydrogen (secondary N) is 2. The van der Waals surface area contributed by atoms with Gasteiger partial charge in [0.2, 0.25) is 11.8 Å². The summed E-state index contributed by atoms with van der Waals surface area (Å²) in [7, 11) is 0. The zero-order chi connectivity index (χ0) is 18.0. The molecular formula is C19H18ClFN2O2. The Morgan fingerprint density at radius 3 is 2.40 bits per heavy atom. The number of hydrogen-bond acceptors (Lipinski definition) is 2. The number of carbonyl (C=O) groups is 2. The summed E-state index contributed by atoms with van der Waals surface area (Å²) in [5.41, 5.74) is 0.271. The second-order valence-corrected chi connectivity index (χ2v) is 6.68. The topological polar surface area (TPSA) is 58.2 Å². The highest BCUT2D eigenvalue weighted by Crippen LogP contribution is 2.47. The Kier molecular flexibility index (Phi) is 4.77. The van der Waals surface area contributed by atoms with E-state index in [1.165, 1.54) is 18.2 Å². The van der Waals surface area contributed by atoms with Crippen LogP contribution in [0.5, 0.6) is 0 Å². The third-order valence-electron chi connectivity index (χ3n) is 4.44. The largest absolute Gasteiger partial charge is 0.349 e. The summed E-state index contributed by atoms with van der Waals surface area (Å²) in [6.07, 6.45) is 0.974. The predicted molar refractivity (Wildman–Crippen MR) is 94.7 cm³/mol. The van der Waals surface area contributed by atoms with Crippen LogP contribution in [0.1, 0.15) is 31.4 Å². The third-order valence-corrected chi connectivity index (χ3v) is 4.73. The summed E-state index contributed by atoms with van der Waals surface area (Å²) in [6, 6.07) is 13.3. The average Bonchev–Trinajstić information content (AvgIpc) is 3.41. The van der Waals surface area contributed by atoms with Gasteiger partial charge in [-0.1, -0.05) is 41.9 Å². The van der Waals surface area contributed by atoms with E-state index in [0.29, 0.717) is 18.5 Å². The molecule has 0 radical (unpaired) electrons. The van der Waals surface area contributed by atoms with Crippen molar-refractivity contribution in [1.29, 1.82) is 0 Å². The van der Waals surface area contributed by atoms with Gasteiger partial charge >= 0.3 is 0 Å². The van der Waals surface area contributed by atoms with Crippen LogP contribution < -0.4 is 10.6 Å². The molecule has 1 saturated carbocycles. The number of benzene rings is 2. The lowest BCUT2D eigenvalue weighted by Crippen LogP contribution is -2.41. The quantitative estimate of drug-likeness (QED) is 0.789. The molecule has 1 unspecified atom stereocenters. The van der Waals surface area contributed by atoms with Crippen LogP contribution in [0, 0.1) is 11.2 Å². The molecule has 2 aromatic carbocycles. The second kappa shape index (κ2) is 6.84. The van der Waals surface area contributed by atoms with Crippen molar-refractivity contribution < 1.29 is 14.0 Å². The average molecular weight is 361 g/mol. The molecule has 1 aliphatic rings. The molecule has 0 bridgehead atoms. The highest BCUT2D eigenvalue weighted by molar-refractivity contribution is 6.31. The van der Waals surface area contributed by atoms with E-state index in [-0.39, 0.29) is 17.0 Å². The van der Waals surface area contributed by atoms with E-state index in [1.54, 1.807) is 0 Å². The van der Waals surface area contributed by atoms with Crippen LogP contribution >= 0.6 is 11.6 Å². The van der Waals surface area contributed by atoms with Gasteiger partial charge in [-0.15, -0.1) is 0 Å². The standard InChI is InChI=1S/C19H18ClFN2O2/c1-12(13-5-3-2-4-6-13)22-17(24)19(9-10-19)18(25)23-14-7-8-16(21)15(20)11-14/h2-8,11-12H,9-10H2,1H3,(H,22,24)(H,23,25). The van der Waals surface area contributed by atoms with Crippen molar-refractivity contribution in [2.45, 2.75) is 25.8 Å². The molecule has 2 aromatic rings. The van der Waals surface area contributed by atoms with Gasteiger partial charge in [0.25, 0.3) is 0 Å². The van der Waals surface area contributed by atoms with E-state index >= 15 is 0 Å². The number of anilines is 1. The first-order chi connectivity index (χ1) is 11.9. The SMILES string of the molecule is CC(NC(=O)C1(C(=O)Nc2ccc(F)c(Cl)c2)CC1)c1ccccc1. The Balaban J connectivity index is 1.67. The van der Waals surface area contributed by atoms with Gasteiger partial charge in [0, 0.05) is 5.69 Å². The fourth-order valence-electron chi connectivity index (χ4n) is 2.67. The maximum absolute atomic E-state index is 13.2. The maximum Gasteiger partial charge on any atom is 0.240 e. The fourth-order valence-corrected chi connectivity index (χ4v) is 2.85. The van der Waals surface area contributed by atoms with Crippen molar-refractivity contribution in [3.8, 4) is 0 Å². The zero-order valence-electron chi connectivity index (χ0n) is 13.7. The lowest BCUT2D eigenvalue weighted by atomic mass is 10.0. The molecule has 0 saturated heterocycles. The summed E-state index contributed by atoms with van der Waals surface area (Å²) in [6.45, 7) is 1.88. The van der Waals surface area contributed by atoms with E-state index in [1.807, 2.05) is 37.3 Å². The van der Waals surface area contributed by atoms with Crippen molar-refractivity contribution >= 4 is 29.1 Å². The summed E-state index contributed by atoms with van der Waals surface area (Å²) in [4.78, 5) is 25.1. The minimum atomic E-state index is -1.07. The normalized spacial score (nSPS) is 16.0. The van der Waals surface area contributed by atoms with Gasteiger partial charge in [0.1, 0.15) is 11.2 Å². The molecule has 0 spiro atoms. The molecular weight excluding hydrogens is 343 g/mol.